The second kappa shape index (κ2) is 13.0. The number of nitrogens with zero attached hydrogens (tertiary/aromatic N) is 1. The molecule has 28 heavy (non-hydrogen) atoms. The van der Waals surface area contributed by atoms with Gasteiger partial charge in [0, 0.05) is 0 Å². The fourth-order valence-electron chi connectivity index (χ4n) is 3.11. The van der Waals surface area contributed by atoms with E-state index < -0.39 is 20.6 Å². The van der Waals surface area contributed by atoms with Crippen LogP contribution in [0.15, 0.2) is 59.2 Å². The zero-order chi connectivity index (χ0) is 21.1. The third kappa shape index (κ3) is 6.32. The summed E-state index contributed by atoms with van der Waals surface area (Å²) in [5, 5.41) is 0. The Bertz CT molecular complexity index is 795. The van der Waals surface area contributed by atoms with Gasteiger partial charge in [0.1, 0.15) is 0 Å². The molecule has 0 spiro atoms. The van der Waals surface area contributed by atoms with E-state index >= 15 is 0 Å². The van der Waals surface area contributed by atoms with Crippen LogP contribution in [-0.2, 0) is 3.02 Å². The van der Waals surface area contributed by atoms with Crippen LogP contribution in [0.1, 0.15) is 62.3 Å². The molecule has 0 saturated carbocycles. The van der Waals surface area contributed by atoms with E-state index in [9.17, 15) is 0 Å². The molecule has 2 nitrogen and oxygen atoms in total. The average molecular weight is 488 g/mol. The normalized spacial score (nSPS) is 12.8. The predicted molar refractivity (Wildman–Crippen MR) is 126 cm³/mol. The van der Waals surface area contributed by atoms with Crippen molar-refractivity contribution in [3.05, 3.63) is 76.5 Å². The summed E-state index contributed by atoms with van der Waals surface area (Å²) in [6.45, 7) is 12.6. The van der Waals surface area contributed by atoms with E-state index in [4.69, 9.17) is 8.01 Å². The summed E-state index contributed by atoms with van der Waals surface area (Å²) in [6.07, 6.45) is 5.09. The number of hydrogen-bond acceptors (Lipinski definition) is 2. The van der Waals surface area contributed by atoms with Crippen molar-refractivity contribution in [1.82, 2.24) is 0 Å². The Balaban J connectivity index is 0.00000190. The largest absolute Gasteiger partial charge is 0.0683 e. The van der Waals surface area contributed by atoms with Gasteiger partial charge in [-0.1, -0.05) is 13.8 Å². The van der Waals surface area contributed by atoms with Crippen molar-refractivity contribution in [1.29, 1.82) is 0 Å². The molecule has 2 aromatic rings. The van der Waals surface area contributed by atoms with E-state index in [0.29, 0.717) is 0 Å². The Morgan fingerprint density at radius 2 is 1.82 bits per heavy atom. The Hall–Kier alpha value is -1.37. The third-order valence-electron chi connectivity index (χ3n) is 4.81. The molecule has 0 aromatic heterocycles. The van der Waals surface area contributed by atoms with Crippen LogP contribution in [0.2, 0.25) is 4.87 Å². The van der Waals surface area contributed by atoms with Gasteiger partial charge in [0.15, 0.2) is 0 Å². The fraction of sp³-hybridized carbons (Fsp3) is 0.400. The first-order valence-electron chi connectivity index (χ1n) is 10.2. The number of hydrogen-bond donors (Lipinski definition) is 0. The van der Waals surface area contributed by atoms with Crippen LogP contribution in [0.3, 0.4) is 0 Å². The molecule has 1 unspecified atom stereocenters. The van der Waals surface area contributed by atoms with Crippen molar-refractivity contribution in [2.75, 3.05) is 7.11 Å². The molecule has 0 heterocycles. The van der Waals surface area contributed by atoms with E-state index in [-0.39, 0.29) is 5.92 Å². The molecule has 0 fully saturated rings. The quantitative estimate of drug-likeness (QED) is 0.330. The molecule has 0 aliphatic carbocycles. The minimum Gasteiger partial charge on any atom is -0.0683 e. The molecule has 152 valence electrons. The molecule has 0 bridgehead atoms. The van der Waals surface area contributed by atoms with Crippen molar-refractivity contribution in [2.45, 2.75) is 58.8 Å². The zero-order valence-corrected chi connectivity index (χ0v) is 21.3. The molecule has 1 atom stereocenters. The molecule has 2 aromatic carbocycles. The summed E-state index contributed by atoms with van der Waals surface area (Å²) in [6, 6.07) is 15.5. The molecule has 0 N–H and O–H groups in total. The Labute approximate surface area is 180 Å². The van der Waals surface area contributed by atoms with E-state index in [2.05, 4.69) is 81.1 Å². The maximum Gasteiger partial charge on any atom is -0.0683 e. The van der Waals surface area contributed by atoms with Gasteiger partial charge in [0.2, 0.25) is 0 Å². The summed E-state index contributed by atoms with van der Waals surface area (Å²) in [5.74, 6) is 0.147. The summed E-state index contributed by atoms with van der Waals surface area (Å²) in [4.78, 5) is 7.06. The first kappa shape index (κ1) is 24.7. The van der Waals surface area contributed by atoms with E-state index in [1.807, 2.05) is 27.2 Å². The van der Waals surface area contributed by atoms with Crippen molar-refractivity contribution in [3.63, 3.8) is 0 Å². The summed E-state index contributed by atoms with van der Waals surface area (Å²) < 4.78 is 7.08. The van der Waals surface area contributed by atoms with Gasteiger partial charge in [-0.3, -0.25) is 0 Å². The zero-order valence-electron chi connectivity index (χ0n) is 18.8. The monoisotopic (exact) mass is 487 g/mol. The molecule has 0 amide bonds. The van der Waals surface area contributed by atoms with Crippen LogP contribution in [0.5, 0.6) is 0 Å². The maximum atomic E-state index is 5.71. The van der Waals surface area contributed by atoms with Crippen LogP contribution < -0.4 is 3.51 Å². The smallest absolute Gasteiger partial charge is 0.0683 e. The van der Waals surface area contributed by atoms with Gasteiger partial charge >= 0.3 is 167 Å². The molecular weight excluding hydrogens is 452 g/mol. The maximum absolute atomic E-state index is 5.71. The average Bonchev–Trinajstić information content (AvgIpc) is 2.74. The van der Waals surface area contributed by atoms with Crippen LogP contribution in [0.25, 0.3) is 0 Å². The summed E-state index contributed by atoms with van der Waals surface area (Å²) in [5.41, 5.74) is 6.40. The summed E-state index contributed by atoms with van der Waals surface area (Å²) in [7, 11) is 1.83. The van der Waals surface area contributed by atoms with Gasteiger partial charge in [0.05, 0.1) is 0 Å². The molecule has 3 heteroatoms. The number of benzene rings is 2. The Morgan fingerprint density at radius 3 is 2.43 bits per heavy atom. The molecule has 0 aliphatic heterocycles. The summed E-state index contributed by atoms with van der Waals surface area (Å²) >= 11 is -1.80. The fourth-order valence-corrected chi connectivity index (χ4v) is 5.51. The number of aliphatic imine (C=N–C) groups is 1. The predicted octanol–water partition coefficient (Wildman–Crippen LogP) is 6.32. The number of allylic oxidation sites excluding steroid dienone is 2. The van der Waals surface area contributed by atoms with E-state index in [1.54, 1.807) is 0 Å². The van der Waals surface area contributed by atoms with E-state index in [1.165, 1.54) is 25.8 Å². The van der Waals surface area contributed by atoms with Gasteiger partial charge < -0.3 is 0 Å². The van der Waals surface area contributed by atoms with Crippen molar-refractivity contribution in [3.8, 4) is 0 Å². The van der Waals surface area contributed by atoms with Gasteiger partial charge in [-0.15, -0.1) is 0 Å². The first-order valence-corrected chi connectivity index (χ1v) is 15.0. The minimum absolute atomic E-state index is 0.147. The van der Waals surface area contributed by atoms with Gasteiger partial charge in [-0.05, 0) is 0 Å². The second-order valence-corrected chi connectivity index (χ2v) is 11.8. The van der Waals surface area contributed by atoms with E-state index in [0.717, 1.165) is 12.1 Å². The van der Waals surface area contributed by atoms with Crippen molar-refractivity contribution >= 4 is 30.4 Å². The molecule has 0 aliphatic rings. The molecule has 0 radical (unpaired) electrons. The third-order valence-corrected chi connectivity index (χ3v) is 9.25. The molecule has 0 saturated heterocycles. The standard InChI is InChI=1S/C21H24N.C2H6.CH3O.CH3.Sb/c1-5-15-22-20(6-2)21(18-12-8-7-9-13-18)19-14-10-11-16(3)17(19)4;2*1-2;;/h6-8,10-15,21H,5H2,1-4H3;1-2H3;1H3;1H3;/q;;-1;;+1/b20-6-,22-15?;;;;. The Morgan fingerprint density at radius 1 is 1.14 bits per heavy atom. The van der Waals surface area contributed by atoms with Crippen LogP contribution >= 0.6 is 0 Å². The number of aryl methyl sites for hydroxylation is 1. The second-order valence-electron chi connectivity index (χ2n) is 6.43. The topological polar surface area (TPSA) is 21.6 Å². The minimum atomic E-state index is -1.80. The van der Waals surface area contributed by atoms with Crippen LogP contribution in [0, 0.1) is 13.8 Å². The van der Waals surface area contributed by atoms with Gasteiger partial charge in [-0.25, -0.2) is 0 Å². The molecular formula is C25H36NOSb. The van der Waals surface area contributed by atoms with Crippen LogP contribution in [-0.4, -0.2) is 34.0 Å². The van der Waals surface area contributed by atoms with Crippen molar-refractivity contribution < 1.29 is 3.02 Å². The van der Waals surface area contributed by atoms with Crippen LogP contribution in [0.4, 0.5) is 0 Å². The van der Waals surface area contributed by atoms with Crippen molar-refractivity contribution in [2.24, 2.45) is 4.99 Å². The first-order chi connectivity index (χ1) is 13.5. The van der Waals surface area contributed by atoms with Gasteiger partial charge in [-0.2, -0.15) is 0 Å². The molecule has 2 rings (SSSR count). The Kier molecular flexibility index (Phi) is 11.4. The van der Waals surface area contributed by atoms with Gasteiger partial charge in [0.25, 0.3) is 0 Å². The number of rotatable bonds is 7. The SMILES string of the molecule is C/C=C(\N=CCC)C(c1ccc[c]([Sb]([CH3])[O]C)c1)c1cccc(C)c1C.CC.